The lowest BCUT2D eigenvalue weighted by molar-refractivity contribution is 0.230. The monoisotopic (exact) mass is 208 g/mol. The molecule has 3 aliphatic rings. The molecule has 0 amide bonds. The zero-order valence-electron chi connectivity index (χ0n) is 9.67. The molecule has 3 fully saturated rings. The summed E-state index contributed by atoms with van der Waals surface area (Å²) in [5, 5.41) is 3.65. The minimum Gasteiger partial charge on any atom is -0.324 e. The normalized spacial score (nSPS) is 29.2. The Morgan fingerprint density at radius 2 is 1.73 bits per heavy atom. The van der Waals surface area contributed by atoms with Crippen LogP contribution in [-0.4, -0.2) is 18.6 Å². The van der Waals surface area contributed by atoms with Gasteiger partial charge in [0.05, 0.1) is 0 Å². The molecule has 0 aliphatic heterocycles. The van der Waals surface area contributed by atoms with Gasteiger partial charge in [-0.15, -0.1) is 0 Å². The molecule has 0 heterocycles. The number of hydrogen-bond acceptors (Lipinski definition) is 2. The van der Waals surface area contributed by atoms with Gasteiger partial charge in [-0.2, -0.15) is 0 Å². The maximum Gasteiger partial charge on any atom is 0.0280 e. The molecule has 0 unspecified atom stereocenters. The van der Waals surface area contributed by atoms with E-state index >= 15 is 0 Å². The quantitative estimate of drug-likeness (QED) is 0.699. The first kappa shape index (κ1) is 10.1. The van der Waals surface area contributed by atoms with Crippen molar-refractivity contribution in [1.82, 2.24) is 5.32 Å². The van der Waals surface area contributed by atoms with Gasteiger partial charge in [0.1, 0.15) is 0 Å². The van der Waals surface area contributed by atoms with E-state index in [1.54, 1.807) is 0 Å². The highest BCUT2D eigenvalue weighted by Gasteiger charge is 2.41. The van der Waals surface area contributed by atoms with E-state index in [9.17, 15) is 0 Å². The van der Waals surface area contributed by atoms with Crippen LogP contribution in [0.1, 0.15) is 44.9 Å². The topological polar surface area (TPSA) is 38.0 Å². The predicted octanol–water partition coefficient (Wildman–Crippen LogP) is 1.89. The van der Waals surface area contributed by atoms with E-state index in [1.165, 1.54) is 51.5 Å². The summed E-state index contributed by atoms with van der Waals surface area (Å²) in [5.41, 5.74) is 6.37. The van der Waals surface area contributed by atoms with Gasteiger partial charge >= 0.3 is 0 Å². The van der Waals surface area contributed by atoms with E-state index in [-0.39, 0.29) is 5.54 Å². The van der Waals surface area contributed by atoms with E-state index in [4.69, 9.17) is 5.73 Å². The largest absolute Gasteiger partial charge is 0.324 e. The third kappa shape index (κ3) is 2.36. The summed E-state index contributed by atoms with van der Waals surface area (Å²) in [6.07, 6.45) is 9.79. The summed E-state index contributed by atoms with van der Waals surface area (Å²) in [6.45, 7) is 2.30. The Hall–Kier alpha value is -0.0800. The molecule has 0 atom stereocenters. The van der Waals surface area contributed by atoms with Crippen molar-refractivity contribution in [3.8, 4) is 0 Å². The van der Waals surface area contributed by atoms with E-state index in [0.717, 1.165) is 24.3 Å². The molecule has 2 heteroatoms. The van der Waals surface area contributed by atoms with Crippen LogP contribution in [0.2, 0.25) is 0 Å². The Morgan fingerprint density at radius 1 is 1.13 bits per heavy atom. The molecule has 0 aromatic carbocycles. The molecule has 0 spiro atoms. The minimum atomic E-state index is 0.164. The smallest absolute Gasteiger partial charge is 0.0280 e. The second-order valence-corrected chi connectivity index (χ2v) is 6.19. The summed E-state index contributed by atoms with van der Waals surface area (Å²) in [7, 11) is 0. The van der Waals surface area contributed by atoms with Crippen LogP contribution < -0.4 is 11.1 Å². The number of hydrogen-bond donors (Lipinski definition) is 2. The SMILES string of the molecule is NC1(CNCC(C2CC2)C2CC2)CCC1. The van der Waals surface area contributed by atoms with Crippen LogP contribution in [0.4, 0.5) is 0 Å². The van der Waals surface area contributed by atoms with Gasteiger partial charge in [-0.3, -0.25) is 0 Å². The van der Waals surface area contributed by atoms with Crippen LogP contribution in [-0.2, 0) is 0 Å². The standard InChI is InChI=1S/C13H24N2/c14-13(6-1-7-13)9-15-8-12(10-2-3-10)11-4-5-11/h10-12,15H,1-9,14H2. The van der Waals surface area contributed by atoms with Crippen LogP contribution in [0.5, 0.6) is 0 Å². The van der Waals surface area contributed by atoms with Crippen LogP contribution in [0.3, 0.4) is 0 Å². The lowest BCUT2D eigenvalue weighted by Gasteiger charge is -2.38. The maximum absolute atomic E-state index is 6.21. The van der Waals surface area contributed by atoms with Gasteiger partial charge in [-0.05, 0) is 69.2 Å². The summed E-state index contributed by atoms with van der Waals surface area (Å²) in [6, 6.07) is 0. The molecule has 0 aromatic heterocycles. The minimum absolute atomic E-state index is 0.164. The first-order valence-corrected chi connectivity index (χ1v) is 6.76. The zero-order chi connectivity index (χ0) is 10.3. The predicted molar refractivity (Wildman–Crippen MR) is 62.6 cm³/mol. The van der Waals surface area contributed by atoms with Crippen LogP contribution in [0.15, 0.2) is 0 Å². The second kappa shape index (κ2) is 3.74. The summed E-state index contributed by atoms with van der Waals surface area (Å²) >= 11 is 0. The van der Waals surface area contributed by atoms with E-state index in [2.05, 4.69) is 5.32 Å². The van der Waals surface area contributed by atoms with Crippen molar-refractivity contribution in [1.29, 1.82) is 0 Å². The second-order valence-electron chi connectivity index (χ2n) is 6.19. The Morgan fingerprint density at radius 3 is 2.13 bits per heavy atom. The third-order valence-electron chi connectivity index (χ3n) is 4.66. The number of nitrogens with one attached hydrogen (secondary N) is 1. The fourth-order valence-electron chi connectivity index (χ4n) is 3.06. The summed E-state index contributed by atoms with van der Waals surface area (Å²) in [4.78, 5) is 0. The number of rotatable bonds is 6. The molecule has 3 rings (SSSR count). The third-order valence-corrected chi connectivity index (χ3v) is 4.66. The molecule has 0 radical (unpaired) electrons. The highest BCUT2D eigenvalue weighted by molar-refractivity contribution is 4.96. The fraction of sp³-hybridized carbons (Fsp3) is 1.00. The van der Waals surface area contributed by atoms with Gasteiger partial charge in [-0.1, -0.05) is 0 Å². The molecular formula is C13H24N2. The average Bonchev–Trinajstić information content (AvgIpc) is 3.00. The van der Waals surface area contributed by atoms with Gasteiger partial charge in [0.2, 0.25) is 0 Å². The Labute approximate surface area is 93.0 Å². The van der Waals surface area contributed by atoms with Gasteiger partial charge in [0, 0.05) is 12.1 Å². The van der Waals surface area contributed by atoms with E-state index in [1.807, 2.05) is 0 Å². The van der Waals surface area contributed by atoms with Gasteiger partial charge < -0.3 is 11.1 Å². The van der Waals surface area contributed by atoms with E-state index < -0.39 is 0 Å². The Balaban J connectivity index is 1.40. The molecule has 3 N–H and O–H groups in total. The highest BCUT2D eigenvalue weighted by atomic mass is 15.0. The van der Waals surface area contributed by atoms with Crippen molar-refractivity contribution >= 4 is 0 Å². The van der Waals surface area contributed by atoms with Crippen molar-refractivity contribution in [3.05, 3.63) is 0 Å². The molecule has 15 heavy (non-hydrogen) atoms. The maximum atomic E-state index is 6.21. The van der Waals surface area contributed by atoms with Crippen LogP contribution in [0, 0.1) is 17.8 Å². The molecule has 3 saturated carbocycles. The Bertz CT molecular complexity index is 215. The van der Waals surface area contributed by atoms with Crippen LogP contribution in [0.25, 0.3) is 0 Å². The van der Waals surface area contributed by atoms with E-state index in [0.29, 0.717) is 0 Å². The van der Waals surface area contributed by atoms with Crippen molar-refractivity contribution in [2.75, 3.05) is 13.1 Å². The van der Waals surface area contributed by atoms with Gasteiger partial charge in [0.15, 0.2) is 0 Å². The summed E-state index contributed by atoms with van der Waals surface area (Å²) < 4.78 is 0. The molecule has 0 bridgehead atoms. The Kier molecular flexibility index (Phi) is 2.52. The van der Waals surface area contributed by atoms with Gasteiger partial charge in [0.25, 0.3) is 0 Å². The molecule has 0 aromatic rings. The van der Waals surface area contributed by atoms with Crippen molar-refractivity contribution in [2.24, 2.45) is 23.5 Å². The van der Waals surface area contributed by atoms with Crippen molar-refractivity contribution in [2.45, 2.75) is 50.5 Å². The van der Waals surface area contributed by atoms with Crippen LogP contribution >= 0.6 is 0 Å². The molecule has 0 saturated heterocycles. The van der Waals surface area contributed by atoms with Gasteiger partial charge in [-0.25, -0.2) is 0 Å². The molecule has 3 aliphatic carbocycles. The fourth-order valence-corrected chi connectivity index (χ4v) is 3.06. The first-order chi connectivity index (χ1) is 7.27. The highest BCUT2D eigenvalue weighted by Crippen LogP contribution is 2.48. The lowest BCUT2D eigenvalue weighted by atomic mass is 9.77. The van der Waals surface area contributed by atoms with Crippen molar-refractivity contribution < 1.29 is 0 Å². The average molecular weight is 208 g/mol. The molecule has 86 valence electrons. The van der Waals surface area contributed by atoms with Crippen molar-refractivity contribution in [3.63, 3.8) is 0 Å². The first-order valence-electron chi connectivity index (χ1n) is 6.76. The lowest BCUT2D eigenvalue weighted by Crippen LogP contribution is -2.54. The molecule has 2 nitrogen and oxygen atoms in total. The molecular weight excluding hydrogens is 184 g/mol. The number of nitrogens with two attached hydrogens (primary N) is 1. The summed E-state index contributed by atoms with van der Waals surface area (Å²) in [5.74, 6) is 3.13. The zero-order valence-corrected chi connectivity index (χ0v) is 9.67.